The van der Waals surface area contributed by atoms with Gasteiger partial charge in [0.15, 0.2) is 0 Å². The molecule has 2 bridgehead atoms. The van der Waals surface area contributed by atoms with Crippen LogP contribution in [-0.4, -0.2) is 65.1 Å². The molecule has 0 saturated carbocycles. The molecule has 3 amide bonds. The number of phenols is 1. The van der Waals surface area contributed by atoms with Gasteiger partial charge in [-0.05, 0) is 44.0 Å². The number of urea groups is 1. The summed E-state index contributed by atoms with van der Waals surface area (Å²) < 4.78 is 0. The maximum absolute atomic E-state index is 13.0. The maximum atomic E-state index is 13.0. The molecule has 0 spiro atoms. The summed E-state index contributed by atoms with van der Waals surface area (Å²) in [6, 6.07) is 6.17. The molecular weight excluding hydrogens is 320 g/mol. The number of nitrogens with one attached hydrogen (secondary N) is 1. The third-order valence-corrected chi connectivity index (χ3v) is 5.45. The number of likely N-dealkylation sites (N-methyl/N-ethyl adjacent to an activating group) is 1. The van der Waals surface area contributed by atoms with Crippen molar-refractivity contribution in [3.63, 3.8) is 0 Å². The maximum Gasteiger partial charge on any atom is 0.312 e. The largest absolute Gasteiger partial charge is 0.508 e. The van der Waals surface area contributed by atoms with Crippen molar-refractivity contribution in [2.45, 2.75) is 43.8 Å². The lowest BCUT2D eigenvalue weighted by atomic mass is 10.0. The van der Waals surface area contributed by atoms with Gasteiger partial charge in [0.25, 0.3) is 0 Å². The standard InChI is InChI=1S/C18H26N4O3/c1-21-13-4-5-14(21)11-22(9-8-13)17(24)16(20-18(19)25)10-12-2-6-15(23)7-3-12/h2-3,6-7,13-14,16,23H,4-5,8-11H2,1H3,(H3,19,20,25)/t13?,14?,16-/m0/s1. The second-order valence-electron chi connectivity index (χ2n) is 7.06. The molecule has 25 heavy (non-hydrogen) atoms. The highest BCUT2D eigenvalue weighted by Gasteiger charge is 2.37. The van der Waals surface area contributed by atoms with E-state index in [9.17, 15) is 14.7 Å². The van der Waals surface area contributed by atoms with E-state index in [1.54, 1.807) is 24.3 Å². The Morgan fingerprint density at radius 2 is 1.92 bits per heavy atom. The molecule has 3 atom stereocenters. The fourth-order valence-corrected chi connectivity index (χ4v) is 3.97. The number of hydrogen-bond donors (Lipinski definition) is 3. The van der Waals surface area contributed by atoms with Gasteiger partial charge >= 0.3 is 6.03 Å². The zero-order valence-electron chi connectivity index (χ0n) is 14.5. The van der Waals surface area contributed by atoms with E-state index in [0.717, 1.165) is 18.4 Å². The van der Waals surface area contributed by atoms with Gasteiger partial charge in [-0.1, -0.05) is 12.1 Å². The summed E-state index contributed by atoms with van der Waals surface area (Å²) >= 11 is 0. The summed E-state index contributed by atoms with van der Waals surface area (Å²) in [6.45, 7) is 1.40. The fraction of sp³-hybridized carbons (Fsp3) is 0.556. The number of rotatable bonds is 4. The number of amides is 3. The molecule has 2 heterocycles. The van der Waals surface area contributed by atoms with Gasteiger partial charge in [0.05, 0.1) is 0 Å². The number of likely N-dealkylation sites (tertiary alicyclic amines) is 1. The summed E-state index contributed by atoms with van der Waals surface area (Å²) in [5.74, 6) is 0.0777. The van der Waals surface area contributed by atoms with Crippen molar-refractivity contribution >= 4 is 11.9 Å². The van der Waals surface area contributed by atoms with E-state index >= 15 is 0 Å². The van der Waals surface area contributed by atoms with Crippen LogP contribution in [0.1, 0.15) is 24.8 Å². The Morgan fingerprint density at radius 1 is 1.24 bits per heavy atom. The first-order valence-corrected chi connectivity index (χ1v) is 8.78. The number of fused-ring (bicyclic) bond motifs is 2. The summed E-state index contributed by atoms with van der Waals surface area (Å²) in [5.41, 5.74) is 6.14. The molecule has 1 aromatic rings. The highest BCUT2D eigenvalue weighted by atomic mass is 16.3. The Bertz CT molecular complexity index is 634. The average molecular weight is 346 g/mol. The quantitative estimate of drug-likeness (QED) is 0.746. The Labute approximate surface area is 147 Å². The van der Waals surface area contributed by atoms with Gasteiger partial charge in [-0.3, -0.25) is 9.69 Å². The highest BCUT2D eigenvalue weighted by Crippen LogP contribution is 2.28. The minimum absolute atomic E-state index is 0.0900. The van der Waals surface area contributed by atoms with E-state index in [2.05, 4.69) is 17.3 Å². The number of carbonyl (C=O) groups excluding carboxylic acids is 2. The van der Waals surface area contributed by atoms with Crippen molar-refractivity contribution in [3.8, 4) is 5.75 Å². The summed E-state index contributed by atoms with van der Waals surface area (Å²) in [4.78, 5) is 28.7. The van der Waals surface area contributed by atoms with Gasteiger partial charge in [-0.25, -0.2) is 4.79 Å². The topological polar surface area (TPSA) is 98.9 Å². The average Bonchev–Trinajstić information content (AvgIpc) is 2.80. The van der Waals surface area contributed by atoms with E-state index in [-0.39, 0.29) is 11.7 Å². The van der Waals surface area contributed by atoms with E-state index in [1.165, 1.54) is 6.42 Å². The lowest BCUT2D eigenvalue weighted by molar-refractivity contribution is -0.133. The predicted octanol–water partition coefficient (Wildman–Crippen LogP) is 0.667. The molecule has 2 aliphatic rings. The van der Waals surface area contributed by atoms with Crippen molar-refractivity contribution in [1.29, 1.82) is 0 Å². The van der Waals surface area contributed by atoms with Crippen LogP contribution in [0.3, 0.4) is 0 Å². The Hall–Kier alpha value is -2.28. The first-order valence-electron chi connectivity index (χ1n) is 8.78. The van der Waals surface area contributed by atoms with Crippen LogP contribution in [0.25, 0.3) is 0 Å². The first-order chi connectivity index (χ1) is 11.9. The molecule has 2 aliphatic heterocycles. The monoisotopic (exact) mass is 346 g/mol. The highest BCUT2D eigenvalue weighted by molar-refractivity contribution is 5.87. The van der Waals surface area contributed by atoms with E-state index in [1.807, 2.05) is 4.90 Å². The number of benzene rings is 1. The van der Waals surface area contributed by atoms with Crippen LogP contribution in [0.2, 0.25) is 0 Å². The van der Waals surface area contributed by atoms with Gasteiger partial charge in [0.1, 0.15) is 11.8 Å². The van der Waals surface area contributed by atoms with Gasteiger partial charge in [0, 0.05) is 31.6 Å². The van der Waals surface area contributed by atoms with Gasteiger partial charge < -0.3 is 21.1 Å². The van der Waals surface area contributed by atoms with E-state index in [0.29, 0.717) is 31.6 Å². The van der Waals surface area contributed by atoms with Crippen LogP contribution in [0.4, 0.5) is 4.79 Å². The molecule has 0 aliphatic carbocycles. The number of phenolic OH excluding ortho intramolecular Hbond substituents is 1. The fourth-order valence-electron chi connectivity index (χ4n) is 3.97. The van der Waals surface area contributed by atoms with Gasteiger partial charge in [-0.2, -0.15) is 0 Å². The van der Waals surface area contributed by atoms with Crippen LogP contribution in [0, 0.1) is 0 Å². The molecule has 2 unspecified atom stereocenters. The zero-order valence-corrected chi connectivity index (χ0v) is 14.5. The second-order valence-corrected chi connectivity index (χ2v) is 7.06. The van der Waals surface area contributed by atoms with Gasteiger partial charge in [-0.15, -0.1) is 0 Å². The zero-order chi connectivity index (χ0) is 18.0. The molecule has 2 saturated heterocycles. The number of primary amides is 1. The molecule has 3 rings (SSSR count). The van der Waals surface area contributed by atoms with Crippen molar-refractivity contribution < 1.29 is 14.7 Å². The number of nitrogens with zero attached hydrogens (tertiary/aromatic N) is 2. The molecule has 2 fully saturated rings. The Kier molecular flexibility index (Phi) is 5.13. The minimum atomic E-state index is -0.703. The summed E-state index contributed by atoms with van der Waals surface area (Å²) in [6.07, 6.45) is 3.61. The third-order valence-electron chi connectivity index (χ3n) is 5.45. The van der Waals surface area contributed by atoms with Crippen LogP contribution in [0.5, 0.6) is 5.75 Å². The summed E-state index contributed by atoms with van der Waals surface area (Å²) in [7, 11) is 2.13. The van der Waals surface area contributed by atoms with E-state index < -0.39 is 12.1 Å². The Morgan fingerprint density at radius 3 is 2.60 bits per heavy atom. The molecule has 7 heteroatoms. The normalized spacial score (nSPS) is 24.6. The predicted molar refractivity (Wildman–Crippen MR) is 94.1 cm³/mol. The van der Waals surface area contributed by atoms with E-state index in [4.69, 9.17) is 5.73 Å². The molecule has 4 N–H and O–H groups in total. The van der Waals surface area contributed by atoms with Crippen LogP contribution < -0.4 is 11.1 Å². The minimum Gasteiger partial charge on any atom is -0.508 e. The lowest BCUT2D eigenvalue weighted by Crippen LogP contribution is -2.52. The molecular formula is C18H26N4O3. The SMILES string of the molecule is CN1C2CCC1CN(C(=O)[C@H](Cc1ccc(O)cc1)NC(N)=O)CC2. The molecule has 0 aromatic heterocycles. The second kappa shape index (κ2) is 7.31. The van der Waals surface area contributed by atoms with Crippen molar-refractivity contribution in [1.82, 2.24) is 15.1 Å². The van der Waals surface area contributed by atoms with Crippen molar-refractivity contribution in [3.05, 3.63) is 29.8 Å². The summed E-state index contributed by atoms with van der Waals surface area (Å²) in [5, 5.41) is 12.0. The number of nitrogens with two attached hydrogens (primary N) is 1. The molecule has 0 radical (unpaired) electrons. The van der Waals surface area contributed by atoms with Gasteiger partial charge in [0.2, 0.25) is 5.91 Å². The number of hydrogen-bond acceptors (Lipinski definition) is 4. The van der Waals surface area contributed by atoms with Crippen molar-refractivity contribution in [2.24, 2.45) is 5.73 Å². The smallest absolute Gasteiger partial charge is 0.312 e. The van der Waals surface area contributed by atoms with Crippen LogP contribution >= 0.6 is 0 Å². The van der Waals surface area contributed by atoms with Crippen LogP contribution in [-0.2, 0) is 11.2 Å². The van der Waals surface area contributed by atoms with Crippen molar-refractivity contribution in [2.75, 3.05) is 20.1 Å². The number of carbonyl (C=O) groups is 2. The van der Waals surface area contributed by atoms with Crippen LogP contribution in [0.15, 0.2) is 24.3 Å². The molecule has 7 nitrogen and oxygen atoms in total. The third kappa shape index (κ3) is 4.04. The number of aromatic hydroxyl groups is 1. The molecule has 1 aromatic carbocycles. The Balaban J connectivity index is 1.72. The lowest BCUT2D eigenvalue weighted by Gasteiger charge is -2.29. The molecule has 136 valence electrons. The first kappa shape index (κ1) is 17.5.